The lowest BCUT2D eigenvalue weighted by atomic mass is 9.95. The van der Waals surface area contributed by atoms with Crippen molar-refractivity contribution in [2.75, 3.05) is 0 Å². The fraction of sp³-hybridized carbons (Fsp3) is 0.143. The highest BCUT2D eigenvalue weighted by atomic mass is 15.1. The van der Waals surface area contributed by atoms with Gasteiger partial charge < -0.3 is 0 Å². The van der Waals surface area contributed by atoms with Gasteiger partial charge in [0.15, 0.2) is 0 Å². The third-order valence-corrected chi connectivity index (χ3v) is 2.93. The van der Waals surface area contributed by atoms with Gasteiger partial charge in [0.2, 0.25) is 0 Å². The third kappa shape index (κ3) is 3.09. The second-order valence-electron chi connectivity index (χ2n) is 4.09. The highest BCUT2D eigenvalue weighted by molar-refractivity contribution is 5.70. The Morgan fingerprint density at radius 2 is 1.10 bits per heavy atom. The van der Waals surface area contributed by atoms with Crippen molar-refractivity contribution >= 4 is 0 Å². The molecule has 0 atom stereocenters. The Morgan fingerprint density at radius 1 is 0.700 bits per heavy atom. The van der Waals surface area contributed by atoms with E-state index < -0.39 is 0 Å². The van der Waals surface area contributed by atoms with Crippen LogP contribution in [0.3, 0.4) is 0 Å². The molecule has 0 saturated carbocycles. The Morgan fingerprint density at radius 3 is 1.50 bits per heavy atom. The Kier molecular flexibility index (Phi) is 4.62. The van der Waals surface area contributed by atoms with Gasteiger partial charge in [-0.2, -0.15) is 0 Å². The van der Waals surface area contributed by atoms with Crippen molar-refractivity contribution in [2.45, 2.75) is 13.1 Å². The van der Waals surface area contributed by atoms with E-state index in [9.17, 15) is 0 Å². The van der Waals surface area contributed by atoms with Crippen LogP contribution in [-0.4, -0.2) is 0 Å². The van der Waals surface area contributed by atoms with Crippen molar-refractivity contribution in [3.63, 3.8) is 0 Å². The molecule has 20 heavy (non-hydrogen) atoms. The fourth-order valence-electron chi connectivity index (χ4n) is 2.06. The van der Waals surface area contributed by atoms with Gasteiger partial charge in [0.05, 0.1) is 13.1 Å². The molecule has 2 aromatic carbocycles. The normalized spacial score (nSPS) is 9.40. The van der Waals surface area contributed by atoms with E-state index in [0.29, 0.717) is 13.1 Å². The molecule has 0 amide bonds. The van der Waals surface area contributed by atoms with Crippen molar-refractivity contribution in [1.29, 1.82) is 0 Å². The molecule has 0 unspecified atom stereocenters. The molecule has 0 aliphatic rings. The zero-order valence-corrected chi connectivity index (χ0v) is 10.7. The molecule has 2 aromatic rings. The van der Waals surface area contributed by atoms with Crippen LogP contribution in [-0.2, 0) is 13.1 Å². The number of rotatable bonds is 5. The first-order valence-electron chi connectivity index (χ1n) is 6.04. The first-order valence-corrected chi connectivity index (χ1v) is 6.04. The largest absolute Gasteiger partial charge is 0.0893 e. The Balaban J connectivity index is 2.50. The van der Waals surface area contributed by atoms with E-state index in [-0.39, 0.29) is 0 Å². The molecular weight excluding hydrogens is 252 g/mol. The molecule has 0 spiro atoms. The van der Waals surface area contributed by atoms with Crippen LogP contribution in [0.5, 0.6) is 0 Å². The lowest BCUT2D eigenvalue weighted by Gasteiger charge is -2.11. The smallest absolute Gasteiger partial charge is 0.0517 e. The molecule has 0 aromatic heterocycles. The first kappa shape index (κ1) is 13.5. The summed E-state index contributed by atoms with van der Waals surface area (Å²) in [6.07, 6.45) is 0. The Labute approximate surface area is 115 Å². The van der Waals surface area contributed by atoms with Crippen LogP contribution in [0.2, 0.25) is 0 Å². The maximum atomic E-state index is 8.46. The predicted molar refractivity (Wildman–Crippen MR) is 77.6 cm³/mol. The summed E-state index contributed by atoms with van der Waals surface area (Å²) >= 11 is 0. The van der Waals surface area contributed by atoms with Gasteiger partial charge in [-0.1, -0.05) is 58.8 Å². The summed E-state index contributed by atoms with van der Waals surface area (Å²) in [5, 5.41) is 7.24. The molecule has 98 valence electrons. The maximum Gasteiger partial charge on any atom is 0.0517 e. The van der Waals surface area contributed by atoms with Gasteiger partial charge >= 0.3 is 0 Å². The molecule has 0 saturated heterocycles. The van der Waals surface area contributed by atoms with Crippen molar-refractivity contribution in [2.24, 2.45) is 10.2 Å². The monoisotopic (exact) mass is 264 g/mol. The SMILES string of the molecule is [N-]=[N+]=NCc1ccccc1-c1ccccc1CN=[N+]=[N-]. The maximum absolute atomic E-state index is 8.46. The summed E-state index contributed by atoms with van der Waals surface area (Å²) in [5.74, 6) is 0. The minimum Gasteiger partial charge on any atom is -0.0893 e. The third-order valence-electron chi connectivity index (χ3n) is 2.93. The second kappa shape index (κ2) is 6.85. The highest BCUT2D eigenvalue weighted by Gasteiger charge is 2.07. The molecule has 2 rings (SSSR count). The summed E-state index contributed by atoms with van der Waals surface area (Å²) in [6.45, 7) is 0.588. The summed E-state index contributed by atoms with van der Waals surface area (Å²) in [6, 6.07) is 15.5. The van der Waals surface area contributed by atoms with E-state index in [0.717, 1.165) is 22.3 Å². The van der Waals surface area contributed by atoms with Crippen LogP contribution in [0.4, 0.5) is 0 Å². The molecule has 0 bridgehead atoms. The molecular formula is C14H12N6. The average Bonchev–Trinajstić information content (AvgIpc) is 2.51. The van der Waals surface area contributed by atoms with E-state index >= 15 is 0 Å². The summed E-state index contributed by atoms with van der Waals surface area (Å²) in [5.41, 5.74) is 20.8. The van der Waals surface area contributed by atoms with Gasteiger partial charge in [-0.15, -0.1) is 0 Å². The van der Waals surface area contributed by atoms with Gasteiger partial charge in [0.25, 0.3) is 0 Å². The Hall–Kier alpha value is -2.94. The average molecular weight is 264 g/mol. The minimum atomic E-state index is 0.294. The van der Waals surface area contributed by atoms with E-state index in [1.807, 2.05) is 48.5 Å². The summed E-state index contributed by atoms with van der Waals surface area (Å²) < 4.78 is 0. The minimum absolute atomic E-state index is 0.294. The van der Waals surface area contributed by atoms with Crippen LogP contribution >= 0.6 is 0 Å². The lowest BCUT2D eigenvalue weighted by Crippen LogP contribution is -1.92. The van der Waals surface area contributed by atoms with Gasteiger partial charge in [0.1, 0.15) is 0 Å². The van der Waals surface area contributed by atoms with Crippen LogP contribution in [0.25, 0.3) is 32.0 Å². The Bertz CT molecular complexity index is 635. The van der Waals surface area contributed by atoms with Crippen LogP contribution in [0.1, 0.15) is 11.1 Å². The van der Waals surface area contributed by atoms with E-state index in [2.05, 4.69) is 20.1 Å². The van der Waals surface area contributed by atoms with Gasteiger partial charge in [0, 0.05) is 9.82 Å². The molecule has 6 heteroatoms. The number of hydrogen-bond donors (Lipinski definition) is 0. The van der Waals surface area contributed by atoms with Crippen molar-refractivity contribution in [3.05, 3.63) is 80.5 Å². The molecule has 0 radical (unpaired) electrons. The zero-order chi connectivity index (χ0) is 14.2. The lowest BCUT2D eigenvalue weighted by molar-refractivity contribution is 1.03. The van der Waals surface area contributed by atoms with E-state index in [1.54, 1.807) is 0 Å². The molecule has 6 nitrogen and oxygen atoms in total. The molecule has 0 aliphatic carbocycles. The summed E-state index contributed by atoms with van der Waals surface area (Å²) in [4.78, 5) is 5.59. The number of nitrogens with zero attached hydrogens (tertiary/aromatic N) is 6. The number of hydrogen-bond acceptors (Lipinski definition) is 2. The van der Waals surface area contributed by atoms with Crippen LogP contribution < -0.4 is 0 Å². The van der Waals surface area contributed by atoms with Gasteiger partial charge in [-0.25, -0.2) is 0 Å². The van der Waals surface area contributed by atoms with Crippen LogP contribution in [0.15, 0.2) is 58.8 Å². The van der Waals surface area contributed by atoms with Crippen molar-refractivity contribution < 1.29 is 0 Å². The highest BCUT2D eigenvalue weighted by Crippen LogP contribution is 2.28. The van der Waals surface area contributed by atoms with Gasteiger partial charge in [-0.05, 0) is 33.3 Å². The molecule has 0 heterocycles. The van der Waals surface area contributed by atoms with Crippen LogP contribution in [0, 0.1) is 0 Å². The number of azide groups is 2. The molecule has 0 fully saturated rings. The quantitative estimate of drug-likeness (QED) is 0.413. The standard InChI is InChI=1S/C14H12N6/c15-19-17-9-11-5-1-3-7-13(11)14-8-4-2-6-12(14)10-18-20-16/h1-8H,9-10H2. The topological polar surface area (TPSA) is 97.5 Å². The molecule has 0 aliphatic heterocycles. The van der Waals surface area contributed by atoms with Crippen molar-refractivity contribution in [1.82, 2.24) is 0 Å². The second-order valence-corrected chi connectivity index (χ2v) is 4.09. The van der Waals surface area contributed by atoms with E-state index in [4.69, 9.17) is 11.1 Å². The van der Waals surface area contributed by atoms with E-state index in [1.165, 1.54) is 0 Å². The zero-order valence-electron chi connectivity index (χ0n) is 10.7. The van der Waals surface area contributed by atoms with Crippen molar-refractivity contribution in [3.8, 4) is 11.1 Å². The predicted octanol–water partition coefficient (Wildman–Crippen LogP) is 4.97. The first-order chi connectivity index (χ1) is 9.86. The number of benzene rings is 2. The fourth-order valence-corrected chi connectivity index (χ4v) is 2.06. The molecule has 0 N–H and O–H groups in total. The summed E-state index contributed by atoms with van der Waals surface area (Å²) in [7, 11) is 0. The van der Waals surface area contributed by atoms with Gasteiger partial charge in [-0.3, -0.25) is 0 Å².